The summed E-state index contributed by atoms with van der Waals surface area (Å²) in [4.78, 5) is 0. The predicted octanol–water partition coefficient (Wildman–Crippen LogP) is 3.25. The average molecular weight is 286 g/mol. The van der Waals surface area contributed by atoms with Crippen molar-refractivity contribution in [1.29, 1.82) is 0 Å². The number of aromatic nitrogens is 1. The molecule has 0 aliphatic rings. The van der Waals surface area contributed by atoms with Crippen LogP contribution in [-0.2, 0) is 22.1 Å². The minimum atomic E-state index is -3.02. The van der Waals surface area contributed by atoms with Crippen molar-refractivity contribution in [2.45, 2.75) is 26.1 Å². The Hall–Kier alpha value is -1.00. The highest BCUT2D eigenvalue weighted by Gasteiger charge is 2.14. The molecule has 0 atom stereocenters. The molecule has 0 N–H and O–H groups in total. The molecule has 18 heavy (non-hydrogen) atoms. The number of rotatable bonds is 4. The molecular weight excluding hydrogens is 270 g/mol. The SMILES string of the molecule is CCn1c(CS(=O)(=O)CC)cc2cc(Cl)ccc21. The van der Waals surface area contributed by atoms with Gasteiger partial charge < -0.3 is 4.57 Å². The van der Waals surface area contributed by atoms with E-state index in [4.69, 9.17) is 11.6 Å². The van der Waals surface area contributed by atoms with Crippen molar-refractivity contribution >= 4 is 32.3 Å². The summed E-state index contributed by atoms with van der Waals surface area (Å²) in [5, 5.41) is 1.66. The summed E-state index contributed by atoms with van der Waals surface area (Å²) in [5.41, 5.74) is 1.86. The number of benzene rings is 1. The van der Waals surface area contributed by atoms with E-state index < -0.39 is 9.84 Å². The summed E-state index contributed by atoms with van der Waals surface area (Å²) in [6, 6.07) is 7.54. The fraction of sp³-hybridized carbons (Fsp3) is 0.385. The zero-order chi connectivity index (χ0) is 13.3. The minimum Gasteiger partial charge on any atom is -0.344 e. The molecule has 1 heterocycles. The summed E-state index contributed by atoms with van der Waals surface area (Å²) < 4.78 is 25.5. The second-order valence-electron chi connectivity index (χ2n) is 4.26. The average Bonchev–Trinajstić information content (AvgIpc) is 2.64. The van der Waals surface area contributed by atoms with Crippen molar-refractivity contribution < 1.29 is 8.42 Å². The molecule has 1 aromatic carbocycles. The largest absolute Gasteiger partial charge is 0.344 e. The van der Waals surface area contributed by atoms with Crippen molar-refractivity contribution in [3.05, 3.63) is 35.0 Å². The Balaban J connectivity index is 2.57. The molecule has 0 amide bonds. The lowest BCUT2D eigenvalue weighted by atomic mass is 10.2. The molecule has 1 aromatic heterocycles. The van der Waals surface area contributed by atoms with Crippen molar-refractivity contribution in [2.75, 3.05) is 5.75 Å². The summed E-state index contributed by atoms with van der Waals surface area (Å²) in [5.74, 6) is 0.253. The zero-order valence-corrected chi connectivity index (χ0v) is 12.1. The third-order valence-electron chi connectivity index (χ3n) is 3.07. The van der Waals surface area contributed by atoms with Crippen LogP contribution in [0.2, 0.25) is 5.02 Å². The molecule has 0 bridgehead atoms. The van der Waals surface area contributed by atoms with Gasteiger partial charge in [-0.15, -0.1) is 0 Å². The van der Waals surface area contributed by atoms with Crippen molar-refractivity contribution in [3.63, 3.8) is 0 Å². The first-order chi connectivity index (χ1) is 8.46. The van der Waals surface area contributed by atoms with Crippen LogP contribution in [0.3, 0.4) is 0 Å². The Morgan fingerprint density at radius 2 is 1.94 bits per heavy atom. The number of nitrogens with zero attached hydrogens (tertiary/aromatic N) is 1. The summed E-state index contributed by atoms with van der Waals surface area (Å²) >= 11 is 5.96. The molecule has 98 valence electrons. The second kappa shape index (κ2) is 4.94. The van der Waals surface area contributed by atoms with Crippen LogP contribution in [0.5, 0.6) is 0 Å². The van der Waals surface area contributed by atoms with Gasteiger partial charge >= 0.3 is 0 Å². The Morgan fingerprint density at radius 3 is 2.56 bits per heavy atom. The summed E-state index contributed by atoms with van der Waals surface area (Å²) in [7, 11) is -3.02. The van der Waals surface area contributed by atoms with E-state index in [1.165, 1.54) is 0 Å². The van der Waals surface area contributed by atoms with Crippen LogP contribution in [0.15, 0.2) is 24.3 Å². The number of halogens is 1. The van der Waals surface area contributed by atoms with Gasteiger partial charge in [-0.05, 0) is 31.2 Å². The van der Waals surface area contributed by atoms with Crippen molar-refractivity contribution in [2.24, 2.45) is 0 Å². The van der Waals surface area contributed by atoms with Gasteiger partial charge in [0.1, 0.15) is 0 Å². The molecule has 2 rings (SSSR count). The van der Waals surface area contributed by atoms with E-state index >= 15 is 0 Å². The number of sulfone groups is 1. The topological polar surface area (TPSA) is 39.1 Å². The van der Waals surface area contributed by atoms with Gasteiger partial charge in [-0.2, -0.15) is 0 Å². The fourth-order valence-electron chi connectivity index (χ4n) is 2.12. The number of aryl methyl sites for hydroxylation is 1. The lowest BCUT2D eigenvalue weighted by Gasteiger charge is -2.07. The minimum absolute atomic E-state index is 0.0869. The Bertz CT molecular complexity index is 674. The molecule has 3 nitrogen and oxygen atoms in total. The lowest BCUT2D eigenvalue weighted by molar-refractivity contribution is 0.594. The smallest absolute Gasteiger partial charge is 0.155 e. The molecule has 0 spiro atoms. The molecule has 0 aliphatic heterocycles. The molecule has 5 heteroatoms. The Labute approximate surface area is 112 Å². The number of hydrogen-bond acceptors (Lipinski definition) is 2. The first-order valence-corrected chi connectivity index (χ1v) is 8.15. The molecule has 0 radical (unpaired) electrons. The van der Waals surface area contributed by atoms with E-state index in [0.717, 1.165) is 23.1 Å². The van der Waals surface area contributed by atoms with Gasteiger partial charge in [-0.3, -0.25) is 0 Å². The maximum Gasteiger partial charge on any atom is 0.155 e. The van der Waals surface area contributed by atoms with Crippen molar-refractivity contribution in [1.82, 2.24) is 4.57 Å². The molecule has 0 aliphatic carbocycles. The molecular formula is C13H16ClNO2S. The van der Waals surface area contributed by atoms with Gasteiger partial charge in [-0.25, -0.2) is 8.42 Å². The van der Waals surface area contributed by atoms with Crippen LogP contribution in [0.1, 0.15) is 19.5 Å². The van der Waals surface area contributed by atoms with Gasteiger partial charge in [0.2, 0.25) is 0 Å². The van der Waals surface area contributed by atoms with Gasteiger partial charge in [0, 0.05) is 33.9 Å². The predicted molar refractivity (Wildman–Crippen MR) is 75.8 cm³/mol. The van der Waals surface area contributed by atoms with E-state index in [-0.39, 0.29) is 11.5 Å². The van der Waals surface area contributed by atoms with E-state index in [9.17, 15) is 8.42 Å². The molecule has 0 saturated heterocycles. The zero-order valence-electron chi connectivity index (χ0n) is 10.5. The van der Waals surface area contributed by atoms with E-state index in [2.05, 4.69) is 0 Å². The lowest BCUT2D eigenvalue weighted by Crippen LogP contribution is -2.10. The number of fused-ring (bicyclic) bond motifs is 1. The summed E-state index contributed by atoms with van der Waals surface area (Å²) in [6.07, 6.45) is 0. The Morgan fingerprint density at radius 1 is 1.22 bits per heavy atom. The molecule has 2 aromatic rings. The van der Waals surface area contributed by atoms with Crippen LogP contribution in [0.25, 0.3) is 10.9 Å². The number of hydrogen-bond donors (Lipinski definition) is 0. The summed E-state index contributed by atoms with van der Waals surface area (Å²) in [6.45, 7) is 4.43. The fourth-order valence-corrected chi connectivity index (χ4v) is 3.19. The molecule has 0 fully saturated rings. The highest BCUT2D eigenvalue weighted by atomic mass is 35.5. The van der Waals surface area contributed by atoms with Gasteiger partial charge in [-0.1, -0.05) is 18.5 Å². The maximum atomic E-state index is 11.7. The van der Waals surface area contributed by atoms with Crippen LogP contribution in [-0.4, -0.2) is 18.7 Å². The first-order valence-electron chi connectivity index (χ1n) is 5.95. The third-order valence-corrected chi connectivity index (χ3v) is 4.92. The third kappa shape index (κ3) is 2.54. The van der Waals surface area contributed by atoms with Crippen LogP contribution in [0.4, 0.5) is 0 Å². The highest BCUT2D eigenvalue weighted by Crippen LogP contribution is 2.24. The van der Waals surface area contributed by atoms with Gasteiger partial charge in [0.25, 0.3) is 0 Å². The maximum absolute atomic E-state index is 11.7. The Kier molecular flexibility index (Phi) is 3.69. The van der Waals surface area contributed by atoms with Crippen LogP contribution >= 0.6 is 11.6 Å². The quantitative estimate of drug-likeness (QED) is 0.865. The van der Waals surface area contributed by atoms with Crippen LogP contribution in [0, 0.1) is 0 Å². The van der Waals surface area contributed by atoms with Gasteiger partial charge in [0.05, 0.1) is 5.75 Å². The molecule has 0 unspecified atom stereocenters. The monoisotopic (exact) mass is 285 g/mol. The van der Waals surface area contributed by atoms with Crippen LogP contribution < -0.4 is 0 Å². The van der Waals surface area contributed by atoms with E-state index in [0.29, 0.717) is 5.02 Å². The highest BCUT2D eigenvalue weighted by molar-refractivity contribution is 7.90. The second-order valence-corrected chi connectivity index (χ2v) is 7.05. The normalized spacial score (nSPS) is 12.2. The van der Waals surface area contributed by atoms with E-state index in [1.807, 2.05) is 35.8 Å². The van der Waals surface area contributed by atoms with Gasteiger partial charge in [0.15, 0.2) is 9.84 Å². The van der Waals surface area contributed by atoms with Crippen molar-refractivity contribution in [3.8, 4) is 0 Å². The van der Waals surface area contributed by atoms with E-state index in [1.54, 1.807) is 6.92 Å². The molecule has 0 saturated carbocycles. The standard InChI is InChI=1S/C13H16ClNO2S/c1-3-15-12(9-18(16,17)4-2)8-10-7-11(14)5-6-13(10)15/h5-8H,3-4,9H2,1-2H3. The first kappa shape index (κ1) is 13.4.